The second-order valence-corrected chi connectivity index (χ2v) is 5.27. The Balaban J connectivity index is 3.75. The molecule has 0 aliphatic carbocycles. The van der Waals surface area contributed by atoms with Gasteiger partial charge in [-0.3, -0.25) is 4.79 Å². The number of hydrogen-bond donors (Lipinski definition) is 1. The number of carbonyl (C=O) groups excluding carboxylic acids is 1. The van der Waals surface area contributed by atoms with Crippen molar-refractivity contribution >= 4 is 23.1 Å². The fourth-order valence-corrected chi connectivity index (χ4v) is 1.13. The summed E-state index contributed by atoms with van der Waals surface area (Å²) in [5.74, 6) is 0.0560. The molecule has 0 aliphatic rings. The van der Waals surface area contributed by atoms with Crippen molar-refractivity contribution in [2.45, 2.75) is 39.2 Å². The minimum Gasteiger partial charge on any atom is -0.393 e. The molecule has 0 atom stereocenters. The van der Waals surface area contributed by atoms with Gasteiger partial charge in [0.05, 0.1) is 23.6 Å². The molecule has 2 N–H and O–H groups in total. The van der Waals surface area contributed by atoms with Gasteiger partial charge in [-0.15, -0.1) is 0 Å². The zero-order valence-electron chi connectivity index (χ0n) is 10.6. The third kappa shape index (κ3) is 8.61. The van der Waals surface area contributed by atoms with E-state index < -0.39 is 0 Å². The van der Waals surface area contributed by atoms with Crippen LogP contribution in [0.15, 0.2) is 0 Å². The van der Waals surface area contributed by atoms with E-state index in [1.54, 1.807) is 11.9 Å². The van der Waals surface area contributed by atoms with Crippen LogP contribution in [0.5, 0.6) is 0 Å². The fraction of sp³-hybridized carbons (Fsp3) is 0.818. The molecule has 0 unspecified atom stereocenters. The molecular weight excluding hydrogens is 224 g/mol. The van der Waals surface area contributed by atoms with Crippen LogP contribution >= 0.6 is 12.2 Å². The zero-order valence-corrected chi connectivity index (χ0v) is 11.4. The number of carbonyl (C=O) groups is 1. The van der Waals surface area contributed by atoms with E-state index in [0.29, 0.717) is 31.0 Å². The highest BCUT2D eigenvalue weighted by molar-refractivity contribution is 7.80. The lowest BCUT2D eigenvalue weighted by Gasteiger charge is -2.21. The molecular formula is C11H22N2O2S. The third-order valence-electron chi connectivity index (χ3n) is 1.97. The molecule has 1 amide bonds. The van der Waals surface area contributed by atoms with Crippen molar-refractivity contribution in [2.24, 2.45) is 5.73 Å². The highest BCUT2D eigenvalue weighted by Gasteiger charge is 2.13. The third-order valence-corrected chi connectivity index (χ3v) is 2.17. The standard InChI is InChI=1S/C11H22N2O2S/c1-11(2,3)15-8-6-10(14)13(4)7-5-9(12)16/h5-8H2,1-4H3,(H2,12,16). The summed E-state index contributed by atoms with van der Waals surface area (Å²) >= 11 is 4.75. The molecule has 4 nitrogen and oxygen atoms in total. The van der Waals surface area contributed by atoms with Gasteiger partial charge in [0, 0.05) is 20.0 Å². The molecule has 0 aromatic rings. The summed E-state index contributed by atoms with van der Waals surface area (Å²) in [6.07, 6.45) is 0.961. The number of rotatable bonds is 6. The van der Waals surface area contributed by atoms with Crippen molar-refractivity contribution in [1.29, 1.82) is 0 Å². The average molecular weight is 246 g/mol. The molecule has 0 rings (SSSR count). The summed E-state index contributed by atoms with van der Waals surface area (Å²) in [7, 11) is 1.75. The second-order valence-electron chi connectivity index (χ2n) is 4.74. The average Bonchev–Trinajstić information content (AvgIpc) is 2.11. The Morgan fingerprint density at radius 3 is 2.38 bits per heavy atom. The largest absolute Gasteiger partial charge is 0.393 e. The van der Waals surface area contributed by atoms with Crippen LogP contribution in [0.2, 0.25) is 0 Å². The Morgan fingerprint density at radius 2 is 1.94 bits per heavy atom. The summed E-state index contributed by atoms with van der Waals surface area (Å²) in [5, 5.41) is 0. The first kappa shape index (κ1) is 15.3. The Hall–Kier alpha value is -0.680. The van der Waals surface area contributed by atoms with Gasteiger partial charge in [0.25, 0.3) is 0 Å². The SMILES string of the molecule is CN(CCC(N)=S)C(=O)CCOC(C)(C)C. The molecule has 0 radical (unpaired) electrons. The van der Waals surface area contributed by atoms with Crippen molar-refractivity contribution in [3.8, 4) is 0 Å². The monoisotopic (exact) mass is 246 g/mol. The molecule has 0 aliphatic heterocycles. The van der Waals surface area contributed by atoms with E-state index in [0.717, 1.165) is 0 Å². The molecule has 0 saturated carbocycles. The number of thiocarbonyl (C=S) groups is 1. The predicted octanol–water partition coefficient (Wildman–Crippen LogP) is 1.33. The van der Waals surface area contributed by atoms with Crippen LogP contribution in [0.1, 0.15) is 33.6 Å². The number of amides is 1. The van der Waals surface area contributed by atoms with Crippen molar-refractivity contribution in [3.63, 3.8) is 0 Å². The van der Waals surface area contributed by atoms with Crippen LogP contribution in [0.25, 0.3) is 0 Å². The van der Waals surface area contributed by atoms with Gasteiger partial charge in [0.2, 0.25) is 5.91 Å². The van der Waals surface area contributed by atoms with Gasteiger partial charge in [-0.25, -0.2) is 0 Å². The van der Waals surface area contributed by atoms with Crippen molar-refractivity contribution in [2.75, 3.05) is 20.2 Å². The normalized spacial score (nSPS) is 11.2. The number of ether oxygens (including phenoxy) is 1. The summed E-state index contributed by atoms with van der Waals surface area (Å²) < 4.78 is 5.48. The second kappa shape index (κ2) is 6.81. The molecule has 0 fully saturated rings. The maximum atomic E-state index is 11.6. The highest BCUT2D eigenvalue weighted by Crippen LogP contribution is 2.07. The smallest absolute Gasteiger partial charge is 0.224 e. The molecule has 94 valence electrons. The Kier molecular flexibility index (Phi) is 6.52. The number of nitrogens with two attached hydrogens (primary N) is 1. The molecule has 0 aromatic carbocycles. The molecule has 0 aromatic heterocycles. The van der Waals surface area contributed by atoms with E-state index in [1.807, 2.05) is 20.8 Å². The van der Waals surface area contributed by atoms with Gasteiger partial charge in [-0.1, -0.05) is 12.2 Å². The first-order valence-corrected chi connectivity index (χ1v) is 5.79. The maximum absolute atomic E-state index is 11.6. The maximum Gasteiger partial charge on any atom is 0.224 e. The predicted molar refractivity (Wildman–Crippen MR) is 69.4 cm³/mol. The lowest BCUT2D eigenvalue weighted by atomic mass is 10.2. The summed E-state index contributed by atoms with van der Waals surface area (Å²) in [4.78, 5) is 13.7. The Labute approximate surface area is 103 Å². The number of nitrogens with zero attached hydrogens (tertiary/aromatic N) is 1. The minimum atomic E-state index is -0.197. The van der Waals surface area contributed by atoms with E-state index in [-0.39, 0.29) is 11.5 Å². The van der Waals surface area contributed by atoms with Crippen LogP contribution in [0.3, 0.4) is 0 Å². The Bertz CT molecular complexity index is 249. The van der Waals surface area contributed by atoms with Crippen LogP contribution in [0.4, 0.5) is 0 Å². The topological polar surface area (TPSA) is 55.6 Å². The molecule has 0 heterocycles. The lowest BCUT2D eigenvalue weighted by Crippen LogP contribution is -2.31. The van der Waals surface area contributed by atoms with Crippen LogP contribution in [-0.4, -0.2) is 41.6 Å². The fourth-order valence-electron chi connectivity index (χ4n) is 1.04. The molecule has 0 saturated heterocycles. The number of hydrogen-bond acceptors (Lipinski definition) is 3. The molecule has 16 heavy (non-hydrogen) atoms. The van der Waals surface area contributed by atoms with E-state index in [9.17, 15) is 4.79 Å². The first-order valence-electron chi connectivity index (χ1n) is 5.38. The van der Waals surface area contributed by atoms with Crippen LogP contribution < -0.4 is 5.73 Å². The van der Waals surface area contributed by atoms with Gasteiger partial charge < -0.3 is 15.4 Å². The van der Waals surface area contributed by atoms with Gasteiger partial charge in [-0.2, -0.15) is 0 Å². The lowest BCUT2D eigenvalue weighted by molar-refractivity contribution is -0.132. The summed E-state index contributed by atoms with van der Waals surface area (Å²) in [5.41, 5.74) is 5.17. The minimum absolute atomic E-state index is 0.0560. The van der Waals surface area contributed by atoms with Crippen LogP contribution in [-0.2, 0) is 9.53 Å². The summed E-state index contributed by atoms with van der Waals surface area (Å²) in [6, 6.07) is 0. The molecule has 5 heteroatoms. The van der Waals surface area contributed by atoms with E-state index >= 15 is 0 Å². The van der Waals surface area contributed by atoms with Crippen molar-refractivity contribution in [3.05, 3.63) is 0 Å². The Morgan fingerprint density at radius 1 is 1.38 bits per heavy atom. The first-order chi connectivity index (χ1) is 7.22. The van der Waals surface area contributed by atoms with E-state index in [1.165, 1.54) is 0 Å². The van der Waals surface area contributed by atoms with E-state index in [2.05, 4.69) is 0 Å². The van der Waals surface area contributed by atoms with Crippen molar-refractivity contribution in [1.82, 2.24) is 4.90 Å². The van der Waals surface area contributed by atoms with Crippen LogP contribution in [0, 0.1) is 0 Å². The molecule has 0 bridgehead atoms. The summed E-state index contributed by atoms with van der Waals surface area (Å²) in [6.45, 7) is 6.92. The highest BCUT2D eigenvalue weighted by atomic mass is 32.1. The van der Waals surface area contributed by atoms with Crippen molar-refractivity contribution < 1.29 is 9.53 Å². The van der Waals surface area contributed by atoms with Gasteiger partial charge in [0.15, 0.2) is 0 Å². The van der Waals surface area contributed by atoms with Gasteiger partial charge in [0.1, 0.15) is 0 Å². The zero-order chi connectivity index (χ0) is 12.8. The van der Waals surface area contributed by atoms with Gasteiger partial charge >= 0.3 is 0 Å². The van der Waals surface area contributed by atoms with E-state index in [4.69, 9.17) is 22.7 Å². The van der Waals surface area contributed by atoms with Gasteiger partial charge in [-0.05, 0) is 20.8 Å². The quantitative estimate of drug-likeness (QED) is 0.718. The molecule has 0 spiro atoms.